The van der Waals surface area contributed by atoms with Gasteiger partial charge in [0, 0.05) is 25.2 Å². The minimum Gasteiger partial charge on any atom is -0.348 e. The van der Waals surface area contributed by atoms with Crippen LogP contribution in [0, 0.1) is 5.82 Å². The highest BCUT2D eigenvalue weighted by Crippen LogP contribution is 2.45. The van der Waals surface area contributed by atoms with E-state index in [1.165, 1.54) is 42.9 Å². The summed E-state index contributed by atoms with van der Waals surface area (Å²) in [6.45, 7) is 1.78. The third kappa shape index (κ3) is 2.24. The summed E-state index contributed by atoms with van der Waals surface area (Å²) >= 11 is 0. The van der Waals surface area contributed by atoms with Gasteiger partial charge in [0.15, 0.2) is 0 Å². The number of halogens is 1. The third-order valence-electron chi connectivity index (χ3n) is 5.22. The predicted octanol–water partition coefficient (Wildman–Crippen LogP) is 3.16. The summed E-state index contributed by atoms with van der Waals surface area (Å²) in [5.41, 5.74) is 3.51. The van der Waals surface area contributed by atoms with Crippen molar-refractivity contribution < 1.29 is 4.39 Å². The largest absolute Gasteiger partial charge is 0.348 e. The van der Waals surface area contributed by atoms with E-state index in [2.05, 4.69) is 19.9 Å². The lowest BCUT2D eigenvalue weighted by Gasteiger charge is -2.48. The van der Waals surface area contributed by atoms with Crippen molar-refractivity contribution in [1.29, 1.82) is 0 Å². The molecule has 0 unspecified atom stereocenters. The van der Waals surface area contributed by atoms with Crippen LogP contribution in [-0.4, -0.2) is 26.4 Å². The maximum atomic E-state index is 13.1. The van der Waals surface area contributed by atoms with Gasteiger partial charge >= 0.3 is 0 Å². The maximum Gasteiger partial charge on any atom is 0.141 e. The van der Waals surface area contributed by atoms with E-state index in [4.69, 9.17) is 0 Å². The zero-order valence-electron chi connectivity index (χ0n) is 12.7. The molecule has 0 amide bonds. The molecular weight excluding hydrogens is 279 g/mol. The van der Waals surface area contributed by atoms with Gasteiger partial charge < -0.3 is 4.98 Å². The van der Waals surface area contributed by atoms with E-state index in [-0.39, 0.29) is 11.4 Å². The first-order valence-electron chi connectivity index (χ1n) is 8.16. The van der Waals surface area contributed by atoms with E-state index in [9.17, 15) is 4.39 Å². The highest BCUT2D eigenvalue weighted by molar-refractivity contribution is 5.27. The van der Waals surface area contributed by atoms with Gasteiger partial charge in [0.25, 0.3) is 0 Å². The van der Waals surface area contributed by atoms with Crippen LogP contribution in [0.5, 0.6) is 0 Å². The van der Waals surface area contributed by atoms with Crippen molar-refractivity contribution in [2.45, 2.75) is 50.6 Å². The lowest BCUT2D eigenvalue weighted by Crippen LogP contribution is -2.51. The molecule has 1 N–H and O–H groups in total. The van der Waals surface area contributed by atoms with Crippen LogP contribution >= 0.6 is 0 Å². The molecule has 116 valence electrons. The molecule has 4 nitrogen and oxygen atoms in total. The first-order valence-corrected chi connectivity index (χ1v) is 8.16. The predicted molar refractivity (Wildman–Crippen MR) is 81.7 cm³/mol. The van der Waals surface area contributed by atoms with Gasteiger partial charge in [-0.15, -0.1) is 0 Å². The van der Waals surface area contributed by atoms with Gasteiger partial charge in [0.1, 0.15) is 5.82 Å². The fourth-order valence-corrected chi connectivity index (χ4v) is 4.14. The van der Waals surface area contributed by atoms with Crippen molar-refractivity contribution in [2.75, 3.05) is 6.54 Å². The van der Waals surface area contributed by atoms with E-state index in [1.807, 2.05) is 6.33 Å². The summed E-state index contributed by atoms with van der Waals surface area (Å²) in [7, 11) is 0. The first kappa shape index (κ1) is 13.9. The molecule has 0 radical (unpaired) electrons. The van der Waals surface area contributed by atoms with Crippen molar-refractivity contribution in [3.8, 4) is 0 Å². The Labute approximate surface area is 129 Å². The van der Waals surface area contributed by atoms with E-state index in [0.29, 0.717) is 0 Å². The summed E-state index contributed by atoms with van der Waals surface area (Å²) in [5.74, 6) is -0.274. The number of hydrogen-bond acceptors (Lipinski definition) is 3. The van der Waals surface area contributed by atoms with Gasteiger partial charge in [-0.25, -0.2) is 9.37 Å². The van der Waals surface area contributed by atoms with E-state index < -0.39 is 0 Å². The first-order chi connectivity index (χ1) is 10.8. The Balaban J connectivity index is 1.67. The van der Waals surface area contributed by atoms with Gasteiger partial charge in [0.2, 0.25) is 0 Å². The molecule has 1 spiro atoms. The minimum atomic E-state index is -0.274. The number of pyridine rings is 1. The topological polar surface area (TPSA) is 44.8 Å². The second-order valence-corrected chi connectivity index (χ2v) is 6.46. The van der Waals surface area contributed by atoms with Crippen molar-refractivity contribution in [3.05, 3.63) is 47.6 Å². The third-order valence-corrected chi connectivity index (χ3v) is 5.22. The fraction of sp³-hybridized carbons (Fsp3) is 0.529. The molecule has 0 bridgehead atoms. The highest BCUT2D eigenvalue weighted by atomic mass is 19.1. The molecule has 2 aromatic heterocycles. The number of nitrogens with one attached hydrogen (secondary N) is 1. The number of rotatable bonds is 2. The molecule has 2 aromatic rings. The smallest absolute Gasteiger partial charge is 0.141 e. The number of aromatic nitrogens is 3. The van der Waals surface area contributed by atoms with Gasteiger partial charge in [0.05, 0.1) is 29.5 Å². The normalized spacial score (nSPS) is 21.0. The quantitative estimate of drug-likeness (QED) is 0.926. The molecule has 2 aliphatic rings. The number of fused-ring (bicyclic) bond motifs is 2. The second kappa shape index (κ2) is 5.47. The molecule has 1 fully saturated rings. The number of H-pyrrole nitrogens is 1. The summed E-state index contributed by atoms with van der Waals surface area (Å²) in [4.78, 5) is 14.8. The molecule has 0 aromatic carbocycles. The summed E-state index contributed by atoms with van der Waals surface area (Å²) in [6, 6.07) is 3.30. The lowest BCUT2D eigenvalue weighted by molar-refractivity contribution is 0.0245. The number of aromatic amines is 1. The average Bonchev–Trinajstić information content (AvgIpc) is 3.03. The number of imidazole rings is 1. The summed E-state index contributed by atoms with van der Waals surface area (Å²) < 4.78 is 13.1. The highest BCUT2D eigenvalue weighted by Gasteiger charge is 2.45. The number of hydrogen-bond donors (Lipinski definition) is 1. The zero-order chi connectivity index (χ0) is 15.0. The van der Waals surface area contributed by atoms with Gasteiger partial charge in [-0.05, 0) is 25.0 Å². The molecular formula is C17H21FN4. The Morgan fingerprint density at radius 2 is 2.05 bits per heavy atom. The maximum absolute atomic E-state index is 13.1. The van der Waals surface area contributed by atoms with Gasteiger partial charge in [-0.1, -0.05) is 19.3 Å². The summed E-state index contributed by atoms with van der Waals surface area (Å²) in [6.07, 6.45) is 10.3. The van der Waals surface area contributed by atoms with E-state index in [0.717, 1.165) is 38.0 Å². The monoisotopic (exact) mass is 300 g/mol. The molecule has 22 heavy (non-hydrogen) atoms. The molecule has 1 saturated carbocycles. The minimum absolute atomic E-state index is 0.0436. The van der Waals surface area contributed by atoms with Gasteiger partial charge in [-0.2, -0.15) is 0 Å². The van der Waals surface area contributed by atoms with Crippen LogP contribution < -0.4 is 0 Å². The van der Waals surface area contributed by atoms with Crippen LogP contribution in [-0.2, 0) is 18.5 Å². The molecule has 0 saturated heterocycles. The summed E-state index contributed by atoms with van der Waals surface area (Å²) in [5, 5.41) is 0. The lowest BCUT2D eigenvalue weighted by atomic mass is 9.75. The van der Waals surface area contributed by atoms with Crippen molar-refractivity contribution >= 4 is 0 Å². The molecule has 0 atom stereocenters. The SMILES string of the molecule is Fc1ccc(CN2CCc3[nH]cnc3C23CCCCC3)nc1. The van der Waals surface area contributed by atoms with E-state index >= 15 is 0 Å². The fourth-order valence-electron chi connectivity index (χ4n) is 4.14. The molecule has 1 aliphatic heterocycles. The van der Waals surface area contributed by atoms with Crippen LogP contribution in [0.2, 0.25) is 0 Å². The van der Waals surface area contributed by atoms with Crippen molar-refractivity contribution in [2.24, 2.45) is 0 Å². The molecule has 3 heterocycles. The molecule has 5 heteroatoms. The number of nitrogens with zero attached hydrogens (tertiary/aromatic N) is 3. The Hall–Kier alpha value is -1.75. The van der Waals surface area contributed by atoms with Crippen LogP contribution in [0.3, 0.4) is 0 Å². The Kier molecular flexibility index (Phi) is 3.45. The molecule has 4 rings (SSSR count). The Morgan fingerprint density at radius 1 is 1.18 bits per heavy atom. The second-order valence-electron chi connectivity index (χ2n) is 6.46. The van der Waals surface area contributed by atoms with Crippen LogP contribution in [0.15, 0.2) is 24.7 Å². The van der Waals surface area contributed by atoms with Crippen molar-refractivity contribution in [3.63, 3.8) is 0 Å². The van der Waals surface area contributed by atoms with Crippen LogP contribution in [0.25, 0.3) is 0 Å². The molecule has 1 aliphatic carbocycles. The zero-order valence-corrected chi connectivity index (χ0v) is 12.7. The van der Waals surface area contributed by atoms with Crippen LogP contribution in [0.1, 0.15) is 49.2 Å². The van der Waals surface area contributed by atoms with Crippen molar-refractivity contribution in [1.82, 2.24) is 19.9 Å². The average molecular weight is 300 g/mol. The van der Waals surface area contributed by atoms with Gasteiger partial charge in [-0.3, -0.25) is 9.88 Å². The Morgan fingerprint density at radius 3 is 2.82 bits per heavy atom. The standard InChI is InChI=1S/C17H21FN4/c18-13-4-5-14(19-10-13)11-22-9-6-15-16(21-12-20-15)17(22)7-2-1-3-8-17/h4-5,10,12H,1-3,6-9,11H2,(H,20,21). The van der Waals surface area contributed by atoms with E-state index in [1.54, 1.807) is 6.07 Å². The Bertz CT molecular complexity index is 643. The van der Waals surface area contributed by atoms with Crippen LogP contribution in [0.4, 0.5) is 4.39 Å².